The van der Waals surface area contributed by atoms with E-state index in [9.17, 15) is 0 Å². The van der Waals surface area contributed by atoms with E-state index in [1.54, 1.807) is 6.33 Å². The Morgan fingerprint density at radius 3 is 2.63 bits per heavy atom. The predicted octanol–water partition coefficient (Wildman–Crippen LogP) is 7.47. The van der Waals surface area contributed by atoms with E-state index < -0.39 is 0 Å². The molecule has 0 unspecified atom stereocenters. The van der Waals surface area contributed by atoms with Crippen molar-refractivity contribution in [1.82, 2.24) is 9.97 Å². The molecule has 0 N–H and O–H groups in total. The van der Waals surface area contributed by atoms with Gasteiger partial charge >= 0.3 is 0 Å². The van der Waals surface area contributed by atoms with Crippen LogP contribution in [0.2, 0.25) is 0 Å². The average Bonchev–Trinajstić information content (AvgIpc) is 3.41. The Labute approximate surface area is 175 Å². The number of nitrogens with zero attached hydrogens (tertiary/aromatic N) is 2. The third kappa shape index (κ3) is 2.65. The number of fused-ring (bicyclic) bond motifs is 4. The Morgan fingerprint density at radius 1 is 0.900 bits per heavy atom. The highest BCUT2D eigenvalue weighted by atomic mass is 16.3. The molecule has 0 atom stereocenters. The van der Waals surface area contributed by atoms with Crippen LogP contribution >= 0.6 is 0 Å². The molecule has 3 nitrogen and oxygen atoms in total. The van der Waals surface area contributed by atoms with E-state index in [0.29, 0.717) is 5.92 Å². The third-order valence-corrected chi connectivity index (χ3v) is 6.69. The summed E-state index contributed by atoms with van der Waals surface area (Å²) in [5, 5.41) is 3.44. The monoisotopic (exact) mass is 392 g/mol. The molecular formula is C27H24N2O. The van der Waals surface area contributed by atoms with Crippen molar-refractivity contribution in [2.24, 2.45) is 0 Å². The lowest BCUT2D eigenvalue weighted by molar-refractivity contribution is 0.669. The maximum Gasteiger partial charge on any atom is 0.144 e. The highest BCUT2D eigenvalue weighted by Crippen LogP contribution is 2.40. The lowest BCUT2D eigenvalue weighted by Crippen LogP contribution is -1.95. The van der Waals surface area contributed by atoms with Gasteiger partial charge in [-0.05, 0) is 73.6 Å². The van der Waals surface area contributed by atoms with Gasteiger partial charge in [-0.15, -0.1) is 0 Å². The van der Waals surface area contributed by atoms with Gasteiger partial charge in [0.25, 0.3) is 0 Å². The molecule has 1 aliphatic rings. The molecule has 1 saturated carbocycles. The molecule has 3 heteroatoms. The number of rotatable bonds is 2. The molecule has 0 spiro atoms. The molecule has 0 bridgehead atoms. The van der Waals surface area contributed by atoms with E-state index >= 15 is 0 Å². The molecule has 2 aromatic heterocycles. The number of hydrogen-bond donors (Lipinski definition) is 0. The first-order chi connectivity index (χ1) is 14.7. The van der Waals surface area contributed by atoms with Crippen LogP contribution in [-0.4, -0.2) is 9.97 Å². The Kier molecular flexibility index (Phi) is 3.92. The molecule has 1 fully saturated rings. The van der Waals surface area contributed by atoms with E-state index in [4.69, 9.17) is 9.40 Å². The van der Waals surface area contributed by atoms with Crippen molar-refractivity contribution >= 4 is 32.8 Å². The normalized spacial score (nSPS) is 15.0. The van der Waals surface area contributed by atoms with Crippen molar-refractivity contribution in [1.29, 1.82) is 0 Å². The van der Waals surface area contributed by atoms with Crippen molar-refractivity contribution < 1.29 is 4.42 Å². The van der Waals surface area contributed by atoms with E-state index in [2.05, 4.69) is 61.3 Å². The second-order valence-electron chi connectivity index (χ2n) is 8.72. The minimum Gasteiger partial charge on any atom is -0.455 e. The number of hydrogen-bond acceptors (Lipinski definition) is 3. The summed E-state index contributed by atoms with van der Waals surface area (Å²) in [6, 6.07) is 17.4. The minimum absolute atomic E-state index is 0.678. The molecule has 148 valence electrons. The van der Waals surface area contributed by atoms with Crippen LogP contribution in [0.5, 0.6) is 0 Å². The summed E-state index contributed by atoms with van der Waals surface area (Å²) < 4.78 is 6.37. The van der Waals surface area contributed by atoms with E-state index in [0.717, 1.165) is 38.7 Å². The minimum atomic E-state index is 0.678. The molecule has 5 aromatic rings. The molecule has 2 heterocycles. The van der Waals surface area contributed by atoms with Crippen LogP contribution in [0.3, 0.4) is 0 Å². The standard InChI is InChI=1S/C27H24N2O/c1-16-12-21-25-17(2)6-5-9-24(25)30-27(21)22(13-16)26-20-11-10-19(18-7-3-4-8-18)14-23(20)28-15-29-26/h5-6,9-15,18H,3-4,7-8H2,1-2H3. The van der Waals surface area contributed by atoms with Gasteiger partial charge in [0.1, 0.15) is 17.5 Å². The Hall–Kier alpha value is -3.20. The quantitative estimate of drug-likeness (QED) is 0.313. The van der Waals surface area contributed by atoms with Crippen LogP contribution in [0.1, 0.15) is 48.3 Å². The van der Waals surface area contributed by atoms with Crippen LogP contribution in [0.25, 0.3) is 44.1 Å². The maximum absolute atomic E-state index is 6.37. The summed E-state index contributed by atoms with van der Waals surface area (Å²) in [4.78, 5) is 9.33. The zero-order valence-electron chi connectivity index (χ0n) is 17.4. The molecular weight excluding hydrogens is 368 g/mol. The summed E-state index contributed by atoms with van der Waals surface area (Å²) in [5.41, 5.74) is 8.70. The topological polar surface area (TPSA) is 38.9 Å². The zero-order chi connectivity index (χ0) is 20.2. The summed E-state index contributed by atoms with van der Waals surface area (Å²) in [6.07, 6.45) is 6.95. The summed E-state index contributed by atoms with van der Waals surface area (Å²) in [5.74, 6) is 0.678. The first kappa shape index (κ1) is 17.6. The molecule has 30 heavy (non-hydrogen) atoms. The van der Waals surface area contributed by atoms with E-state index in [1.807, 2.05) is 6.07 Å². The van der Waals surface area contributed by atoms with Gasteiger partial charge in [-0.25, -0.2) is 9.97 Å². The van der Waals surface area contributed by atoms with Crippen LogP contribution in [-0.2, 0) is 0 Å². The van der Waals surface area contributed by atoms with Crippen LogP contribution in [0.4, 0.5) is 0 Å². The molecule has 1 aliphatic carbocycles. The van der Waals surface area contributed by atoms with Gasteiger partial charge in [0.2, 0.25) is 0 Å². The highest BCUT2D eigenvalue weighted by molar-refractivity contribution is 6.12. The predicted molar refractivity (Wildman–Crippen MR) is 123 cm³/mol. The fraction of sp³-hybridized carbons (Fsp3) is 0.259. The van der Waals surface area contributed by atoms with Gasteiger partial charge in [0.05, 0.1) is 11.2 Å². The van der Waals surface area contributed by atoms with Crippen molar-refractivity contribution in [2.75, 3.05) is 0 Å². The van der Waals surface area contributed by atoms with Gasteiger partial charge in [0.15, 0.2) is 0 Å². The number of furan rings is 1. The van der Waals surface area contributed by atoms with Crippen LogP contribution < -0.4 is 0 Å². The number of aromatic nitrogens is 2. The van der Waals surface area contributed by atoms with Crippen LogP contribution in [0, 0.1) is 13.8 Å². The number of aryl methyl sites for hydroxylation is 2. The zero-order valence-corrected chi connectivity index (χ0v) is 17.4. The van der Waals surface area contributed by atoms with Gasteiger partial charge in [-0.1, -0.05) is 37.1 Å². The Balaban J connectivity index is 1.61. The summed E-state index contributed by atoms with van der Waals surface area (Å²) >= 11 is 0. The number of benzene rings is 3. The van der Waals surface area contributed by atoms with Crippen LogP contribution in [0.15, 0.2) is 59.3 Å². The largest absolute Gasteiger partial charge is 0.455 e. The fourth-order valence-corrected chi connectivity index (χ4v) is 5.23. The van der Waals surface area contributed by atoms with Gasteiger partial charge in [-0.3, -0.25) is 0 Å². The van der Waals surface area contributed by atoms with Gasteiger partial charge < -0.3 is 4.42 Å². The van der Waals surface area contributed by atoms with E-state index in [-0.39, 0.29) is 0 Å². The summed E-state index contributed by atoms with van der Waals surface area (Å²) in [6.45, 7) is 4.28. The van der Waals surface area contributed by atoms with E-state index in [1.165, 1.54) is 47.8 Å². The fourth-order valence-electron chi connectivity index (χ4n) is 5.23. The van der Waals surface area contributed by atoms with Gasteiger partial charge in [-0.2, -0.15) is 0 Å². The first-order valence-corrected chi connectivity index (χ1v) is 10.9. The second-order valence-corrected chi connectivity index (χ2v) is 8.72. The lowest BCUT2D eigenvalue weighted by atomic mass is 9.95. The molecule has 3 aromatic carbocycles. The lowest BCUT2D eigenvalue weighted by Gasteiger charge is -2.12. The highest BCUT2D eigenvalue weighted by Gasteiger charge is 2.20. The molecule has 0 radical (unpaired) electrons. The summed E-state index contributed by atoms with van der Waals surface area (Å²) in [7, 11) is 0. The SMILES string of the molecule is Cc1cc(-c2ncnc3cc(C4CCCC4)ccc23)c2oc3cccc(C)c3c2c1. The average molecular weight is 393 g/mol. The Bertz CT molecular complexity index is 1420. The van der Waals surface area contributed by atoms with Crippen molar-refractivity contribution in [2.45, 2.75) is 45.4 Å². The van der Waals surface area contributed by atoms with Crippen molar-refractivity contribution in [3.05, 3.63) is 71.5 Å². The van der Waals surface area contributed by atoms with Gasteiger partial charge in [0, 0.05) is 21.7 Å². The maximum atomic E-state index is 6.37. The van der Waals surface area contributed by atoms with Crippen molar-refractivity contribution in [3.8, 4) is 11.3 Å². The Morgan fingerprint density at radius 2 is 1.77 bits per heavy atom. The molecule has 6 rings (SSSR count). The van der Waals surface area contributed by atoms with Crippen molar-refractivity contribution in [3.63, 3.8) is 0 Å². The second kappa shape index (κ2) is 6.66. The molecule has 0 saturated heterocycles. The first-order valence-electron chi connectivity index (χ1n) is 10.9. The molecule has 0 aliphatic heterocycles. The third-order valence-electron chi connectivity index (χ3n) is 6.69. The smallest absolute Gasteiger partial charge is 0.144 e. The molecule has 0 amide bonds.